The van der Waals surface area contributed by atoms with E-state index in [1.165, 1.54) is 12.1 Å². The number of anilines is 1. The van der Waals surface area contributed by atoms with Gasteiger partial charge in [0.15, 0.2) is 23.9 Å². The highest BCUT2D eigenvalue weighted by Gasteiger charge is 2.18. The fourth-order valence-corrected chi connectivity index (χ4v) is 2.66. The van der Waals surface area contributed by atoms with Gasteiger partial charge in [0, 0.05) is 11.3 Å². The van der Waals surface area contributed by atoms with Crippen LogP contribution in [0.25, 0.3) is 0 Å². The van der Waals surface area contributed by atoms with Crippen molar-refractivity contribution < 1.29 is 33.3 Å². The molecule has 0 atom stereocenters. The predicted molar refractivity (Wildman–Crippen MR) is 108 cm³/mol. The van der Waals surface area contributed by atoms with Crippen LogP contribution >= 0.6 is 0 Å². The summed E-state index contributed by atoms with van der Waals surface area (Å²) in [6, 6.07) is 11.0. The van der Waals surface area contributed by atoms with Gasteiger partial charge < -0.3 is 18.9 Å². The van der Waals surface area contributed by atoms with E-state index in [0.29, 0.717) is 36.0 Å². The third-order valence-electron chi connectivity index (χ3n) is 3.94. The lowest BCUT2D eigenvalue weighted by Crippen LogP contribution is -2.27. The fraction of sp³-hybridized carbons (Fsp3) is 0.318. The molecule has 0 unspecified atom stereocenters. The number of benzene rings is 2. The van der Waals surface area contributed by atoms with Crippen LogP contribution in [0.1, 0.15) is 41.5 Å². The van der Waals surface area contributed by atoms with Crippen LogP contribution in [0.15, 0.2) is 42.5 Å². The molecule has 2 aromatic rings. The normalized spacial score (nSPS) is 12.6. The van der Waals surface area contributed by atoms with Crippen molar-refractivity contribution >= 4 is 23.5 Å². The zero-order valence-electron chi connectivity index (χ0n) is 17.0. The summed E-state index contributed by atoms with van der Waals surface area (Å²) >= 11 is 0. The maximum absolute atomic E-state index is 12.4. The number of ketones is 1. The van der Waals surface area contributed by atoms with Gasteiger partial charge in [0.05, 0.1) is 5.56 Å². The molecular formula is C22H23NO7. The van der Waals surface area contributed by atoms with Gasteiger partial charge >= 0.3 is 12.1 Å². The van der Waals surface area contributed by atoms with Gasteiger partial charge in [-0.15, -0.1) is 0 Å². The standard InChI is InChI=1S/C22H23NO7/c1-22(2,3)30-21(26)23-16-6-4-5-15(11-16)20(25)29-13-17(24)14-7-8-18-19(12-14)28-10-9-27-18/h4-8,11-12H,9-10,13H2,1-3H3,(H,23,26). The van der Waals surface area contributed by atoms with Crippen LogP contribution in [-0.2, 0) is 9.47 Å². The van der Waals surface area contributed by atoms with Crippen molar-refractivity contribution in [2.24, 2.45) is 0 Å². The number of rotatable bonds is 5. The molecule has 0 radical (unpaired) electrons. The van der Waals surface area contributed by atoms with Gasteiger partial charge in [0.1, 0.15) is 18.8 Å². The van der Waals surface area contributed by atoms with E-state index in [1.807, 2.05) is 0 Å². The number of carbonyl (C=O) groups is 3. The van der Waals surface area contributed by atoms with Crippen molar-refractivity contribution in [1.29, 1.82) is 0 Å². The number of amides is 1. The van der Waals surface area contributed by atoms with E-state index in [1.54, 1.807) is 51.1 Å². The molecular weight excluding hydrogens is 390 g/mol. The summed E-state index contributed by atoms with van der Waals surface area (Å²) in [6.07, 6.45) is -0.637. The minimum absolute atomic E-state index is 0.193. The van der Waals surface area contributed by atoms with E-state index in [9.17, 15) is 14.4 Å². The monoisotopic (exact) mass is 413 g/mol. The van der Waals surface area contributed by atoms with Crippen molar-refractivity contribution in [3.05, 3.63) is 53.6 Å². The summed E-state index contributed by atoms with van der Waals surface area (Å²) in [4.78, 5) is 36.6. The number of carbonyl (C=O) groups excluding carboxylic acids is 3. The second-order valence-electron chi connectivity index (χ2n) is 7.57. The molecule has 0 fully saturated rings. The molecule has 0 saturated heterocycles. The van der Waals surface area contributed by atoms with E-state index in [-0.39, 0.29) is 11.3 Å². The first-order valence-electron chi connectivity index (χ1n) is 9.41. The summed E-state index contributed by atoms with van der Waals surface area (Å²) in [5, 5.41) is 2.55. The molecule has 1 aliphatic rings. The molecule has 1 amide bonds. The first kappa shape index (κ1) is 21.2. The molecule has 0 aliphatic carbocycles. The molecule has 8 nitrogen and oxygen atoms in total. The Labute approximate surface area is 174 Å². The van der Waals surface area contributed by atoms with Crippen LogP contribution in [0.2, 0.25) is 0 Å². The van der Waals surface area contributed by atoms with Crippen molar-refractivity contribution in [3.63, 3.8) is 0 Å². The number of ether oxygens (including phenoxy) is 4. The second kappa shape index (κ2) is 8.86. The van der Waals surface area contributed by atoms with Gasteiger partial charge in [-0.2, -0.15) is 0 Å². The van der Waals surface area contributed by atoms with E-state index >= 15 is 0 Å². The molecule has 3 rings (SSSR count). The van der Waals surface area contributed by atoms with Gasteiger partial charge in [-0.1, -0.05) is 6.07 Å². The minimum atomic E-state index is -0.686. The van der Waals surface area contributed by atoms with Gasteiger partial charge in [-0.05, 0) is 57.2 Å². The quantitative estimate of drug-likeness (QED) is 0.587. The van der Waals surface area contributed by atoms with Crippen LogP contribution in [-0.4, -0.2) is 43.3 Å². The Morgan fingerprint density at radius 1 is 0.967 bits per heavy atom. The lowest BCUT2D eigenvalue weighted by molar-refractivity contribution is 0.0474. The third kappa shape index (κ3) is 5.73. The Bertz CT molecular complexity index is 962. The van der Waals surface area contributed by atoms with Crippen LogP contribution in [0.4, 0.5) is 10.5 Å². The molecule has 1 aliphatic heterocycles. The summed E-state index contributed by atoms with van der Waals surface area (Å²) in [5.41, 5.74) is 0.275. The molecule has 0 saturated carbocycles. The number of Topliss-reactive ketones (excluding diaryl/α,β-unsaturated/α-hetero) is 1. The smallest absolute Gasteiger partial charge is 0.412 e. The SMILES string of the molecule is CC(C)(C)OC(=O)Nc1cccc(C(=O)OCC(=O)c2ccc3c(c2)OCCO3)c1. The fourth-order valence-electron chi connectivity index (χ4n) is 2.66. The summed E-state index contributed by atoms with van der Waals surface area (Å²) in [5.74, 6) is 0.000493. The van der Waals surface area contributed by atoms with Crippen molar-refractivity contribution in [2.45, 2.75) is 26.4 Å². The first-order chi connectivity index (χ1) is 14.2. The number of hydrogen-bond acceptors (Lipinski definition) is 7. The van der Waals surface area contributed by atoms with E-state index < -0.39 is 24.3 Å². The Morgan fingerprint density at radius 2 is 1.70 bits per heavy atom. The molecule has 2 aromatic carbocycles. The van der Waals surface area contributed by atoms with Crippen molar-refractivity contribution in [2.75, 3.05) is 25.1 Å². The van der Waals surface area contributed by atoms with E-state index in [2.05, 4.69) is 5.32 Å². The second-order valence-corrected chi connectivity index (χ2v) is 7.57. The van der Waals surface area contributed by atoms with Gasteiger partial charge in [-0.3, -0.25) is 10.1 Å². The molecule has 0 bridgehead atoms. The molecule has 1 N–H and O–H groups in total. The average Bonchev–Trinajstić information content (AvgIpc) is 2.70. The summed E-state index contributed by atoms with van der Waals surface area (Å²) in [6.45, 7) is 5.69. The maximum Gasteiger partial charge on any atom is 0.412 e. The number of nitrogens with one attached hydrogen (secondary N) is 1. The zero-order chi connectivity index (χ0) is 21.7. The van der Waals surface area contributed by atoms with Crippen LogP contribution in [0.5, 0.6) is 11.5 Å². The van der Waals surface area contributed by atoms with Crippen LogP contribution < -0.4 is 14.8 Å². The number of hydrogen-bond donors (Lipinski definition) is 1. The molecule has 30 heavy (non-hydrogen) atoms. The highest BCUT2D eigenvalue weighted by molar-refractivity contribution is 6.00. The molecule has 8 heteroatoms. The topological polar surface area (TPSA) is 100 Å². The summed E-state index contributed by atoms with van der Waals surface area (Å²) in [7, 11) is 0. The third-order valence-corrected chi connectivity index (χ3v) is 3.94. The molecule has 1 heterocycles. The van der Waals surface area contributed by atoms with Crippen molar-refractivity contribution in [1.82, 2.24) is 0 Å². The van der Waals surface area contributed by atoms with Crippen LogP contribution in [0.3, 0.4) is 0 Å². The number of fused-ring (bicyclic) bond motifs is 1. The highest BCUT2D eigenvalue weighted by Crippen LogP contribution is 2.30. The predicted octanol–water partition coefficient (Wildman–Crippen LogP) is 3.84. The van der Waals surface area contributed by atoms with E-state index in [0.717, 1.165) is 0 Å². The Morgan fingerprint density at radius 3 is 2.43 bits per heavy atom. The highest BCUT2D eigenvalue weighted by atomic mass is 16.6. The molecule has 0 aromatic heterocycles. The molecule has 158 valence electrons. The summed E-state index contributed by atoms with van der Waals surface area (Å²) < 4.78 is 21.2. The molecule has 0 spiro atoms. The van der Waals surface area contributed by atoms with Gasteiger partial charge in [0.25, 0.3) is 0 Å². The van der Waals surface area contributed by atoms with Gasteiger partial charge in [-0.25, -0.2) is 9.59 Å². The minimum Gasteiger partial charge on any atom is -0.486 e. The lowest BCUT2D eigenvalue weighted by atomic mass is 10.1. The van der Waals surface area contributed by atoms with Crippen molar-refractivity contribution in [3.8, 4) is 11.5 Å². The van der Waals surface area contributed by atoms with Crippen LogP contribution in [0, 0.1) is 0 Å². The number of esters is 1. The zero-order valence-corrected chi connectivity index (χ0v) is 17.0. The Hall–Kier alpha value is -3.55. The largest absolute Gasteiger partial charge is 0.486 e. The van der Waals surface area contributed by atoms with E-state index in [4.69, 9.17) is 18.9 Å². The lowest BCUT2D eigenvalue weighted by Gasteiger charge is -2.19. The Balaban J connectivity index is 1.58. The Kier molecular flexibility index (Phi) is 6.25. The average molecular weight is 413 g/mol. The van der Waals surface area contributed by atoms with Gasteiger partial charge in [0.2, 0.25) is 0 Å². The maximum atomic E-state index is 12.4. The first-order valence-corrected chi connectivity index (χ1v) is 9.41.